The second-order valence-electron chi connectivity index (χ2n) is 6.34. The van der Waals surface area contributed by atoms with Gasteiger partial charge in [-0.1, -0.05) is 17.3 Å². The molecular formula is C21H23N3O3. The Morgan fingerprint density at radius 3 is 2.67 bits per heavy atom. The van der Waals surface area contributed by atoms with Gasteiger partial charge in [0.1, 0.15) is 5.75 Å². The maximum atomic E-state index is 12.2. The van der Waals surface area contributed by atoms with Crippen LogP contribution in [-0.2, 0) is 11.2 Å². The third-order valence-corrected chi connectivity index (χ3v) is 4.12. The van der Waals surface area contributed by atoms with Crippen LogP contribution >= 0.6 is 0 Å². The molecule has 0 fully saturated rings. The molecule has 0 aliphatic carbocycles. The Morgan fingerprint density at radius 1 is 1.15 bits per heavy atom. The SMILES string of the molecule is CCOc1ccc(-c2noc(CCC(=O)Nc3cc(C)ccc3C)n2)cc1. The van der Waals surface area contributed by atoms with Crippen molar-refractivity contribution in [2.24, 2.45) is 0 Å². The molecule has 0 bridgehead atoms. The molecule has 0 aliphatic heterocycles. The summed E-state index contributed by atoms with van der Waals surface area (Å²) < 4.78 is 10.7. The van der Waals surface area contributed by atoms with E-state index in [1.807, 2.05) is 63.2 Å². The largest absolute Gasteiger partial charge is 0.494 e. The van der Waals surface area contributed by atoms with Gasteiger partial charge >= 0.3 is 0 Å². The van der Waals surface area contributed by atoms with Crippen LogP contribution in [0.5, 0.6) is 5.75 Å². The van der Waals surface area contributed by atoms with Crippen LogP contribution in [0.25, 0.3) is 11.4 Å². The Morgan fingerprint density at radius 2 is 1.93 bits per heavy atom. The number of nitrogens with one attached hydrogen (secondary N) is 1. The number of hydrogen-bond acceptors (Lipinski definition) is 5. The highest BCUT2D eigenvalue weighted by molar-refractivity contribution is 5.91. The van der Waals surface area contributed by atoms with Gasteiger partial charge in [0.05, 0.1) is 6.61 Å². The number of amides is 1. The molecule has 0 atom stereocenters. The second kappa shape index (κ2) is 8.49. The van der Waals surface area contributed by atoms with E-state index in [4.69, 9.17) is 9.26 Å². The van der Waals surface area contributed by atoms with Crippen LogP contribution in [0.15, 0.2) is 47.0 Å². The lowest BCUT2D eigenvalue weighted by molar-refractivity contribution is -0.116. The lowest BCUT2D eigenvalue weighted by Crippen LogP contribution is -2.13. The Balaban J connectivity index is 1.57. The molecule has 0 spiro atoms. The molecule has 3 rings (SSSR count). The topological polar surface area (TPSA) is 77.2 Å². The maximum Gasteiger partial charge on any atom is 0.227 e. The van der Waals surface area contributed by atoms with Crippen LogP contribution in [0.1, 0.15) is 30.4 Å². The molecule has 1 aromatic heterocycles. The van der Waals surface area contributed by atoms with Gasteiger partial charge < -0.3 is 14.6 Å². The quantitative estimate of drug-likeness (QED) is 0.674. The first-order chi connectivity index (χ1) is 13.0. The number of benzene rings is 2. The molecule has 0 saturated heterocycles. The Labute approximate surface area is 158 Å². The molecule has 0 aliphatic rings. The third kappa shape index (κ3) is 4.94. The smallest absolute Gasteiger partial charge is 0.227 e. The highest BCUT2D eigenvalue weighted by Crippen LogP contribution is 2.21. The van der Waals surface area contributed by atoms with Gasteiger partial charge in [0.15, 0.2) is 0 Å². The van der Waals surface area contributed by atoms with Crippen molar-refractivity contribution in [3.63, 3.8) is 0 Å². The molecule has 0 radical (unpaired) electrons. The van der Waals surface area contributed by atoms with E-state index < -0.39 is 0 Å². The van der Waals surface area contributed by atoms with Gasteiger partial charge in [-0.05, 0) is 62.2 Å². The van der Waals surface area contributed by atoms with Crippen molar-refractivity contribution >= 4 is 11.6 Å². The van der Waals surface area contributed by atoms with Gasteiger partial charge in [0.25, 0.3) is 0 Å². The fourth-order valence-electron chi connectivity index (χ4n) is 2.64. The molecule has 2 aromatic carbocycles. The average Bonchev–Trinajstić information content (AvgIpc) is 3.13. The highest BCUT2D eigenvalue weighted by Gasteiger charge is 2.12. The van der Waals surface area contributed by atoms with Gasteiger partial charge in [-0.2, -0.15) is 4.98 Å². The molecule has 140 valence electrons. The van der Waals surface area contributed by atoms with Crippen molar-refractivity contribution in [2.75, 3.05) is 11.9 Å². The first kappa shape index (κ1) is 18.6. The molecular weight excluding hydrogens is 342 g/mol. The summed E-state index contributed by atoms with van der Waals surface area (Å²) in [5.41, 5.74) is 3.81. The minimum atomic E-state index is -0.0792. The van der Waals surface area contributed by atoms with Crippen LogP contribution < -0.4 is 10.1 Å². The lowest BCUT2D eigenvalue weighted by Gasteiger charge is -2.08. The van der Waals surface area contributed by atoms with E-state index in [1.165, 1.54) is 0 Å². The Kier molecular flexibility index (Phi) is 5.86. The molecule has 1 amide bonds. The maximum absolute atomic E-state index is 12.2. The van der Waals surface area contributed by atoms with Crippen LogP contribution in [-0.4, -0.2) is 22.7 Å². The number of nitrogens with zero attached hydrogens (tertiary/aromatic N) is 2. The van der Waals surface area contributed by atoms with Crippen molar-refractivity contribution in [1.29, 1.82) is 0 Å². The van der Waals surface area contributed by atoms with Gasteiger partial charge in [-0.3, -0.25) is 4.79 Å². The summed E-state index contributed by atoms with van der Waals surface area (Å²) in [7, 11) is 0. The van der Waals surface area contributed by atoms with Gasteiger partial charge in [0, 0.05) is 24.1 Å². The first-order valence-electron chi connectivity index (χ1n) is 8.98. The van der Waals surface area contributed by atoms with Crippen molar-refractivity contribution in [3.05, 3.63) is 59.5 Å². The zero-order valence-electron chi connectivity index (χ0n) is 15.8. The Bertz CT molecular complexity index is 917. The van der Waals surface area contributed by atoms with E-state index in [0.717, 1.165) is 28.1 Å². The number of ether oxygens (including phenoxy) is 1. The minimum absolute atomic E-state index is 0.0792. The lowest BCUT2D eigenvalue weighted by atomic mass is 10.1. The Hall–Kier alpha value is -3.15. The summed E-state index contributed by atoms with van der Waals surface area (Å²) in [6.45, 7) is 6.53. The zero-order valence-corrected chi connectivity index (χ0v) is 15.8. The van der Waals surface area contributed by atoms with Crippen LogP contribution in [0, 0.1) is 13.8 Å². The summed E-state index contributed by atoms with van der Waals surface area (Å²) in [6, 6.07) is 13.5. The van der Waals surface area contributed by atoms with Crippen LogP contribution in [0.2, 0.25) is 0 Å². The molecule has 0 unspecified atom stereocenters. The molecule has 6 heteroatoms. The average molecular weight is 365 g/mol. The number of hydrogen-bond donors (Lipinski definition) is 1. The first-order valence-corrected chi connectivity index (χ1v) is 8.98. The number of carbonyl (C=O) groups excluding carboxylic acids is 1. The molecule has 3 aromatic rings. The van der Waals surface area contributed by atoms with E-state index in [0.29, 0.717) is 24.7 Å². The molecule has 27 heavy (non-hydrogen) atoms. The number of aryl methyl sites for hydroxylation is 3. The minimum Gasteiger partial charge on any atom is -0.494 e. The van der Waals surface area contributed by atoms with Crippen molar-refractivity contribution in [3.8, 4) is 17.1 Å². The van der Waals surface area contributed by atoms with E-state index in [-0.39, 0.29) is 12.3 Å². The molecule has 6 nitrogen and oxygen atoms in total. The number of aromatic nitrogens is 2. The number of rotatable bonds is 7. The fourth-order valence-corrected chi connectivity index (χ4v) is 2.64. The third-order valence-electron chi connectivity index (χ3n) is 4.12. The fraction of sp³-hybridized carbons (Fsp3) is 0.286. The predicted octanol–water partition coefficient (Wildman–Crippen LogP) is 4.32. The van der Waals surface area contributed by atoms with Crippen LogP contribution in [0.3, 0.4) is 0 Å². The second-order valence-corrected chi connectivity index (χ2v) is 6.34. The van der Waals surface area contributed by atoms with Crippen molar-refractivity contribution < 1.29 is 14.1 Å². The number of anilines is 1. The van der Waals surface area contributed by atoms with Gasteiger partial charge in [-0.15, -0.1) is 0 Å². The van der Waals surface area contributed by atoms with Crippen LogP contribution in [0.4, 0.5) is 5.69 Å². The number of carbonyl (C=O) groups is 1. The van der Waals surface area contributed by atoms with E-state index in [9.17, 15) is 4.79 Å². The van der Waals surface area contributed by atoms with E-state index in [1.54, 1.807) is 0 Å². The van der Waals surface area contributed by atoms with E-state index >= 15 is 0 Å². The van der Waals surface area contributed by atoms with Crippen molar-refractivity contribution in [1.82, 2.24) is 10.1 Å². The molecule has 0 saturated carbocycles. The van der Waals surface area contributed by atoms with Crippen molar-refractivity contribution in [2.45, 2.75) is 33.6 Å². The summed E-state index contributed by atoms with van der Waals surface area (Å²) >= 11 is 0. The monoisotopic (exact) mass is 365 g/mol. The normalized spacial score (nSPS) is 10.6. The standard InChI is InChI=1S/C21H23N3O3/c1-4-26-17-9-7-16(8-10-17)21-23-20(27-24-21)12-11-19(25)22-18-13-14(2)5-6-15(18)3/h5-10,13H,4,11-12H2,1-3H3,(H,22,25). The molecule has 1 heterocycles. The molecule has 1 N–H and O–H groups in total. The zero-order chi connectivity index (χ0) is 19.2. The van der Waals surface area contributed by atoms with E-state index in [2.05, 4.69) is 15.5 Å². The van der Waals surface area contributed by atoms with Gasteiger partial charge in [-0.25, -0.2) is 0 Å². The van der Waals surface area contributed by atoms with Gasteiger partial charge in [0.2, 0.25) is 17.6 Å². The summed E-state index contributed by atoms with van der Waals surface area (Å²) in [4.78, 5) is 16.6. The summed E-state index contributed by atoms with van der Waals surface area (Å²) in [5, 5.41) is 6.93. The summed E-state index contributed by atoms with van der Waals surface area (Å²) in [5.74, 6) is 1.66. The summed E-state index contributed by atoms with van der Waals surface area (Å²) in [6.07, 6.45) is 0.666. The highest BCUT2D eigenvalue weighted by atomic mass is 16.5. The predicted molar refractivity (Wildman–Crippen MR) is 104 cm³/mol.